The highest BCUT2D eigenvalue weighted by molar-refractivity contribution is 5.78. The van der Waals surface area contributed by atoms with Crippen molar-refractivity contribution in [3.63, 3.8) is 0 Å². The van der Waals surface area contributed by atoms with E-state index in [1.165, 1.54) is 61.6 Å². The Labute approximate surface area is 234 Å². The summed E-state index contributed by atoms with van der Waals surface area (Å²) in [5.41, 5.74) is 4.88. The zero-order valence-electron chi connectivity index (χ0n) is 23.8. The highest BCUT2D eigenvalue weighted by Crippen LogP contribution is 2.49. The number of nitrogens with one attached hydrogen (secondary N) is 1. The molecule has 0 unspecified atom stereocenters. The molecule has 0 saturated carbocycles. The minimum atomic E-state index is -0.187. The second kappa shape index (κ2) is 13.9. The maximum Gasteiger partial charge on any atom is 0.223 e. The van der Waals surface area contributed by atoms with E-state index in [0.717, 1.165) is 63.8 Å². The number of halogens is 1. The van der Waals surface area contributed by atoms with Gasteiger partial charge in [0.25, 0.3) is 0 Å². The van der Waals surface area contributed by atoms with Crippen LogP contribution in [0, 0.1) is 11.7 Å². The van der Waals surface area contributed by atoms with Crippen molar-refractivity contribution in [3.8, 4) is 0 Å². The topological polar surface area (TPSA) is 41.6 Å². The number of rotatable bonds is 12. The van der Waals surface area contributed by atoms with Crippen LogP contribution in [-0.2, 0) is 16.0 Å². The number of hydrogen-bond acceptors (Lipinski definition) is 3. The molecule has 2 aliphatic heterocycles. The molecule has 1 N–H and O–H groups in total. The molecule has 212 valence electrons. The molecule has 2 aromatic carbocycles. The summed E-state index contributed by atoms with van der Waals surface area (Å²) in [7, 11) is 0. The molecule has 2 heterocycles. The molecule has 4 nitrogen and oxygen atoms in total. The van der Waals surface area contributed by atoms with Gasteiger partial charge in [-0.15, -0.1) is 0 Å². The van der Waals surface area contributed by atoms with E-state index in [4.69, 9.17) is 4.74 Å². The summed E-state index contributed by atoms with van der Waals surface area (Å²) in [5, 5.41) is 3.20. The molecule has 2 aromatic rings. The van der Waals surface area contributed by atoms with Gasteiger partial charge in [0.1, 0.15) is 5.82 Å². The molecule has 0 radical (unpaired) electrons. The lowest BCUT2D eigenvalue weighted by molar-refractivity contribution is -0.126. The zero-order valence-corrected chi connectivity index (χ0v) is 23.8. The third-order valence-electron chi connectivity index (χ3n) is 9.22. The van der Waals surface area contributed by atoms with Crippen LogP contribution in [0.5, 0.6) is 0 Å². The number of piperidine rings is 1. The van der Waals surface area contributed by atoms with Crippen LogP contribution in [0.15, 0.2) is 42.5 Å². The zero-order chi connectivity index (χ0) is 27.0. The number of benzene rings is 2. The second-order valence-electron chi connectivity index (χ2n) is 12.1. The molecule has 2 saturated heterocycles. The Balaban J connectivity index is 1.07. The van der Waals surface area contributed by atoms with E-state index in [2.05, 4.69) is 41.4 Å². The minimum absolute atomic E-state index is 0.0935. The predicted octanol–water partition coefficient (Wildman–Crippen LogP) is 7.31. The number of unbranched alkanes of at least 4 members (excludes halogenated alkanes) is 7. The smallest absolute Gasteiger partial charge is 0.223 e. The van der Waals surface area contributed by atoms with Crippen molar-refractivity contribution in [2.75, 3.05) is 26.2 Å². The summed E-state index contributed by atoms with van der Waals surface area (Å²) < 4.78 is 21.0. The van der Waals surface area contributed by atoms with Crippen molar-refractivity contribution >= 4 is 5.91 Å². The summed E-state index contributed by atoms with van der Waals surface area (Å²) in [5.74, 6) is 0.446. The lowest BCUT2D eigenvalue weighted by atomic mass is 9.87. The standard InChI is InChI=1S/C34H47FN2O2/c1-2-3-4-5-6-7-8-11-18-36-34(38)25-16-19-37(20-17-25)24-29-23-32-30-13-10-9-12-26(30)21-27-14-15-28(35)22-31(27)33(32)39-29/h9-10,12-15,22,25,29,32-33H,2-8,11,16-21,23-24H2,1H3,(H,36,38)/t29-,32-,33+/m1/s1. The first-order valence-electron chi connectivity index (χ1n) is 15.6. The molecule has 0 bridgehead atoms. The quantitative estimate of drug-likeness (QED) is 0.290. The van der Waals surface area contributed by atoms with Gasteiger partial charge in [0.05, 0.1) is 12.2 Å². The Bertz CT molecular complexity index is 1080. The van der Waals surface area contributed by atoms with Crippen molar-refractivity contribution in [1.82, 2.24) is 10.2 Å². The highest BCUT2D eigenvalue weighted by Gasteiger charge is 2.41. The summed E-state index contributed by atoms with van der Waals surface area (Å²) in [6.07, 6.45) is 13.9. The van der Waals surface area contributed by atoms with Crippen LogP contribution in [-0.4, -0.2) is 43.1 Å². The molecule has 3 aliphatic rings. The van der Waals surface area contributed by atoms with Gasteiger partial charge in [0, 0.05) is 24.9 Å². The molecule has 0 spiro atoms. The summed E-state index contributed by atoms with van der Waals surface area (Å²) >= 11 is 0. The number of ether oxygens (including phenoxy) is 1. The molecule has 1 aliphatic carbocycles. The number of carbonyl (C=O) groups is 1. The van der Waals surface area contributed by atoms with Gasteiger partial charge in [-0.2, -0.15) is 0 Å². The number of hydrogen-bond donors (Lipinski definition) is 1. The monoisotopic (exact) mass is 534 g/mol. The number of fused-ring (bicyclic) bond motifs is 5. The fourth-order valence-corrected chi connectivity index (χ4v) is 7.00. The van der Waals surface area contributed by atoms with Crippen LogP contribution < -0.4 is 5.32 Å². The van der Waals surface area contributed by atoms with E-state index in [9.17, 15) is 9.18 Å². The molecule has 0 aromatic heterocycles. The average molecular weight is 535 g/mol. The van der Waals surface area contributed by atoms with Gasteiger partial charge in [0.15, 0.2) is 0 Å². The first kappa shape index (κ1) is 28.3. The van der Waals surface area contributed by atoms with E-state index in [1.807, 2.05) is 6.07 Å². The Morgan fingerprint density at radius 2 is 1.67 bits per heavy atom. The van der Waals surface area contributed by atoms with Crippen molar-refractivity contribution in [2.24, 2.45) is 5.92 Å². The van der Waals surface area contributed by atoms with E-state index < -0.39 is 0 Å². The average Bonchev–Trinajstić information content (AvgIpc) is 3.32. The van der Waals surface area contributed by atoms with E-state index in [1.54, 1.807) is 12.1 Å². The van der Waals surface area contributed by atoms with Crippen LogP contribution in [0.25, 0.3) is 0 Å². The Hall–Kier alpha value is -2.24. The van der Waals surface area contributed by atoms with Crippen molar-refractivity contribution in [2.45, 2.75) is 102 Å². The van der Waals surface area contributed by atoms with Crippen LogP contribution in [0.2, 0.25) is 0 Å². The van der Waals surface area contributed by atoms with Gasteiger partial charge in [-0.05, 0) is 79.6 Å². The van der Waals surface area contributed by atoms with Crippen LogP contribution in [0.1, 0.15) is 112 Å². The minimum Gasteiger partial charge on any atom is -0.368 e. The normalized spacial score (nSPS) is 23.1. The maximum atomic E-state index is 14.3. The van der Waals surface area contributed by atoms with Crippen molar-refractivity contribution < 1.29 is 13.9 Å². The fourth-order valence-electron chi connectivity index (χ4n) is 7.00. The van der Waals surface area contributed by atoms with E-state index in [0.29, 0.717) is 0 Å². The fraction of sp³-hybridized carbons (Fsp3) is 0.618. The summed E-state index contributed by atoms with van der Waals surface area (Å²) in [6.45, 7) is 5.83. The van der Waals surface area contributed by atoms with Gasteiger partial charge in [0.2, 0.25) is 5.91 Å². The first-order chi connectivity index (χ1) is 19.1. The Morgan fingerprint density at radius 1 is 0.949 bits per heavy atom. The SMILES string of the molecule is CCCCCCCCCCNC(=O)C1CCN(C[C@H]2C[C@@H]3c4ccccc4Cc4ccc(F)cc4[C@@H]3O2)CC1. The van der Waals surface area contributed by atoms with Gasteiger partial charge >= 0.3 is 0 Å². The lowest BCUT2D eigenvalue weighted by Gasteiger charge is -2.32. The highest BCUT2D eigenvalue weighted by atomic mass is 19.1. The summed E-state index contributed by atoms with van der Waals surface area (Å²) in [6, 6.07) is 13.9. The molecule has 39 heavy (non-hydrogen) atoms. The van der Waals surface area contributed by atoms with Crippen LogP contribution in [0.4, 0.5) is 4.39 Å². The van der Waals surface area contributed by atoms with Gasteiger partial charge in [-0.1, -0.05) is 82.2 Å². The Morgan fingerprint density at radius 3 is 2.46 bits per heavy atom. The first-order valence-corrected chi connectivity index (χ1v) is 15.6. The molecule has 5 rings (SSSR count). The van der Waals surface area contributed by atoms with Crippen LogP contribution in [0.3, 0.4) is 0 Å². The molecule has 1 amide bonds. The van der Waals surface area contributed by atoms with Crippen LogP contribution >= 0.6 is 0 Å². The molecule has 3 atom stereocenters. The lowest BCUT2D eigenvalue weighted by Crippen LogP contribution is -2.43. The number of nitrogens with zero attached hydrogens (tertiary/aromatic N) is 1. The van der Waals surface area contributed by atoms with E-state index in [-0.39, 0.29) is 35.8 Å². The van der Waals surface area contributed by atoms with E-state index >= 15 is 0 Å². The third kappa shape index (κ3) is 7.29. The number of amides is 1. The molecular weight excluding hydrogens is 487 g/mol. The second-order valence-corrected chi connectivity index (χ2v) is 12.1. The van der Waals surface area contributed by atoms with Crippen molar-refractivity contribution in [1.29, 1.82) is 0 Å². The maximum absolute atomic E-state index is 14.3. The Kier molecular flexibility index (Phi) is 10.1. The predicted molar refractivity (Wildman–Crippen MR) is 155 cm³/mol. The third-order valence-corrected chi connectivity index (χ3v) is 9.22. The van der Waals surface area contributed by atoms with Gasteiger partial charge in [-0.3, -0.25) is 4.79 Å². The molecular formula is C34H47FN2O2. The van der Waals surface area contributed by atoms with Gasteiger partial charge < -0.3 is 15.0 Å². The largest absolute Gasteiger partial charge is 0.368 e. The summed E-state index contributed by atoms with van der Waals surface area (Å²) in [4.78, 5) is 15.2. The number of carbonyl (C=O) groups excluding carboxylic acids is 1. The molecule has 2 fully saturated rings. The number of likely N-dealkylation sites (tertiary alicyclic amines) is 1. The molecule has 5 heteroatoms. The van der Waals surface area contributed by atoms with Gasteiger partial charge in [-0.25, -0.2) is 4.39 Å². The van der Waals surface area contributed by atoms with Crippen molar-refractivity contribution in [3.05, 3.63) is 70.5 Å².